The van der Waals surface area contributed by atoms with E-state index < -0.39 is 0 Å². The Morgan fingerprint density at radius 3 is 1.96 bits per heavy atom. The fourth-order valence-electron chi connectivity index (χ4n) is 5.31. The van der Waals surface area contributed by atoms with Crippen LogP contribution in [0.5, 0.6) is 0 Å². The minimum atomic E-state index is 0.0561. The van der Waals surface area contributed by atoms with E-state index in [1.54, 1.807) is 25.2 Å². The number of fused-ring (bicyclic) bond motifs is 2. The van der Waals surface area contributed by atoms with Crippen LogP contribution in [0.15, 0.2) is 32.0 Å². The number of halogens is 1. The second kappa shape index (κ2) is 7.79. The van der Waals surface area contributed by atoms with E-state index >= 15 is 0 Å². The molecule has 0 spiro atoms. The van der Waals surface area contributed by atoms with E-state index in [9.17, 15) is 9.59 Å². The third-order valence-corrected chi connectivity index (χ3v) is 7.97. The Balaban J connectivity index is 1.97. The van der Waals surface area contributed by atoms with E-state index in [0.717, 1.165) is 38.9 Å². The topological polar surface area (TPSA) is 34.1 Å². The van der Waals surface area contributed by atoms with Crippen molar-refractivity contribution in [3.05, 3.63) is 37.5 Å². The highest BCUT2D eigenvalue weighted by molar-refractivity contribution is 9.11. The van der Waals surface area contributed by atoms with Crippen molar-refractivity contribution in [1.29, 1.82) is 0 Å². The van der Waals surface area contributed by atoms with Gasteiger partial charge in [0, 0.05) is 11.1 Å². The fraction of sp³-hybridized carbons (Fsp3) is 0.565. The minimum absolute atomic E-state index is 0.0561. The van der Waals surface area contributed by atoms with E-state index in [1.807, 2.05) is 0 Å². The zero-order chi connectivity index (χ0) is 19.1. The smallest absolute Gasteiger partial charge is 0.160 e. The summed E-state index contributed by atoms with van der Waals surface area (Å²) in [6, 6.07) is 2.12. The molecule has 1 aromatic rings. The molecule has 3 aliphatic rings. The second-order valence-corrected chi connectivity index (χ2v) is 10.7. The van der Waals surface area contributed by atoms with Gasteiger partial charge in [-0.2, -0.15) is 0 Å². The molecular weight excluding hydrogens is 420 g/mol. The van der Waals surface area contributed by atoms with Crippen LogP contribution in [0.2, 0.25) is 0 Å². The van der Waals surface area contributed by atoms with E-state index in [-0.39, 0.29) is 11.6 Å². The lowest BCUT2D eigenvalue weighted by Crippen LogP contribution is -2.28. The summed E-state index contributed by atoms with van der Waals surface area (Å²) in [6.07, 6.45) is 9.46. The van der Waals surface area contributed by atoms with Crippen molar-refractivity contribution in [1.82, 2.24) is 0 Å². The van der Waals surface area contributed by atoms with Gasteiger partial charge in [0.2, 0.25) is 0 Å². The van der Waals surface area contributed by atoms with E-state index in [0.29, 0.717) is 17.8 Å². The fourth-order valence-corrected chi connectivity index (χ4v) is 6.46. The van der Waals surface area contributed by atoms with E-state index in [4.69, 9.17) is 0 Å². The first kappa shape index (κ1) is 19.3. The third kappa shape index (κ3) is 3.80. The largest absolute Gasteiger partial charge is 0.294 e. The molecule has 0 N–H and O–H groups in total. The SMILES string of the molecule is CC(=O)C(=C1C2CCCC1CCC2)/C(C(C)=O)=C(\c1csc(Br)c1)C1CC1. The summed E-state index contributed by atoms with van der Waals surface area (Å²) in [6.45, 7) is 3.32. The number of Topliss-reactive ketones (excluding diaryl/α,β-unsaturated/α-hetero) is 2. The van der Waals surface area contributed by atoms with Crippen LogP contribution in [0.1, 0.15) is 70.8 Å². The van der Waals surface area contributed by atoms with Gasteiger partial charge in [0.05, 0.1) is 3.79 Å². The highest BCUT2D eigenvalue weighted by Crippen LogP contribution is 2.51. The zero-order valence-electron chi connectivity index (χ0n) is 16.1. The lowest BCUT2D eigenvalue weighted by molar-refractivity contribution is -0.116. The Morgan fingerprint density at radius 1 is 0.963 bits per heavy atom. The summed E-state index contributed by atoms with van der Waals surface area (Å²) in [5, 5.41) is 2.13. The summed E-state index contributed by atoms with van der Waals surface area (Å²) in [5.74, 6) is 1.56. The molecule has 1 heterocycles. The van der Waals surface area contributed by atoms with Crippen molar-refractivity contribution >= 4 is 44.4 Å². The average Bonchev–Trinajstić information content (AvgIpc) is 3.34. The molecule has 3 fully saturated rings. The first-order chi connectivity index (χ1) is 13.0. The van der Waals surface area contributed by atoms with Crippen LogP contribution < -0.4 is 0 Å². The van der Waals surface area contributed by atoms with Gasteiger partial charge in [-0.05, 0) is 109 Å². The van der Waals surface area contributed by atoms with Crippen LogP contribution in [-0.4, -0.2) is 11.6 Å². The molecule has 0 aliphatic heterocycles. The molecule has 2 nitrogen and oxygen atoms in total. The van der Waals surface area contributed by atoms with Crippen LogP contribution in [-0.2, 0) is 9.59 Å². The predicted molar refractivity (Wildman–Crippen MR) is 115 cm³/mol. The van der Waals surface area contributed by atoms with Gasteiger partial charge in [-0.1, -0.05) is 18.4 Å². The van der Waals surface area contributed by atoms with Crippen molar-refractivity contribution in [3.63, 3.8) is 0 Å². The van der Waals surface area contributed by atoms with Crippen LogP contribution in [0.4, 0.5) is 0 Å². The maximum atomic E-state index is 13.0. The highest BCUT2D eigenvalue weighted by Gasteiger charge is 2.39. The zero-order valence-corrected chi connectivity index (χ0v) is 18.5. The molecule has 3 aliphatic carbocycles. The predicted octanol–water partition coefficient (Wildman–Crippen LogP) is 6.75. The molecule has 4 rings (SSSR count). The summed E-state index contributed by atoms with van der Waals surface area (Å²) >= 11 is 5.22. The number of hydrogen-bond acceptors (Lipinski definition) is 3. The van der Waals surface area contributed by atoms with Gasteiger partial charge in [-0.15, -0.1) is 11.3 Å². The summed E-state index contributed by atoms with van der Waals surface area (Å²) < 4.78 is 1.07. The lowest BCUT2D eigenvalue weighted by atomic mass is 9.65. The average molecular weight is 447 g/mol. The van der Waals surface area contributed by atoms with Crippen molar-refractivity contribution in [3.8, 4) is 0 Å². The molecular formula is C23H27BrO2S. The minimum Gasteiger partial charge on any atom is -0.294 e. The van der Waals surface area contributed by atoms with Gasteiger partial charge < -0.3 is 0 Å². The molecule has 0 atom stereocenters. The molecule has 2 bridgehead atoms. The molecule has 144 valence electrons. The Labute approximate surface area is 174 Å². The monoisotopic (exact) mass is 446 g/mol. The van der Waals surface area contributed by atoms with Gasteiger partial charge in [0.1, 0.15) is 0 Å². The number of thiophene rings is 1. The molecule has 3 saturated carbocycles. The Bertz CT molecular complexity index is 816. The van der Waals surface area contributed by atoms with Crippen molar-refractivity contribution in [2.45, 2.75) is 65.2 Å². The third-order valence-electron chi connectivity index (χ3n) is 6.47. The quantitative estimate of drug-likeness (QED) is 0.468. The Hall–Kier alpha value is -1.00. The number of carbonyl (C=O) groups is 2. The van der Waals surface area contributed by atoms with E-state index in [2.05, 4.69) is 27.4 Å². The van der Waals surface area contributed by atoms with Gasteiger partial charge >= 0.3 is 0 Å². The van der Waals surface area contributed by atoms with Gasteiger partial charge in [0.25, 0.3) is 0 Å². The number of hydrogen-bond donors (Lipinski definition) is 0. The summed E-state index contributed by atoms with van der Waals surface area (Å²) in [4.78, 5) is 25.9. The van der Waals surface area contributed by atoms with Crippen molar-refractivity contribution < 1.29 is 9.59 Å². The van der Waals surface area contributed by atoms with Crippen LogP contribution in [0.25, 0.3) is 5.57 Å². The van der Waals surface area contributed by atoms with Crippen LogP contribution >= 0.6 is 27.3 Å². The number of rotatable bonds is 5. The van der Waals surface area contributed by atoms with Crippen LogP contribution in [0.3, 0.4) is 0 Å². The summed E-state index contributed by atoms with van der Waals surface area (Å²) in [7, 11) is 0. The van der Waals surface area contributed by atoms with Crippen molar-refractivity contribution in [2.24, 2.45) is 17.8 Å². The molecule has 0 saturated heterocycles. The molecule has 0 aromatic carbocycles. The lowest BCUT2D eigenvalue weighted by Gasteiger charge is -2.39. The number of ketones is 2. The van der Waals surface area contributed by atoms with Crippen molar-refractivity contribution in [2.75, 3.05) is 0 Å². The maximum Gasteiger partial charge on any atom is 0.160 e. The normalized spacial score (nSPS) is 25.8. The molecule has 1 aromatic heterocycles. The Morgan fingerprint density at radius 2 is 1.56 bits per heavy atom. The summed E-state index contributed by atoms with van der Waals surface area (Å²) in [5.41, 5.74) is 5.12. The number of allylic oxidation sites excluding steroid dienone is 4. The van der Waals surface area contributed by atoms with Gasteiger partial charge in [-0.3, -0.25) is 9.59 Å². The highest BCUT2D eigenvalue weighted by atomic mass is 79.9. The standard InChI is InChI=1S/C23H27BrO2S/c1-13(25)20(22-15-5-3-6-16(22)8-4-7-15)21(14(2)26)23(17-9-10-17)18-11-19(24)27-12-18/h11-12,15-17H,3-10H2,1-2H3/b22-20?,23-21-. The molecule has 0 radical (unpaired) electrons. The van der Waals surface area contributed by atoms with Crippen LogP contribution in [0, 0.1) is 17.8 Å². The molecule has 0 unspecified atom stereocenters. The second-order valence-electron chi connectivity index (χ2n) is 8.40. The Kier molecular flexibility index (Phi) is 5.57. The van der Waals surface area contributed by atoms with Gasteiger partial charge in [0.15, 0.2) is 11.6 Å². The molecule has 27 heavy (non-hydrogen) atoms. The van der Waals surface area contributed by atoms with E-state index in [1.165, 1.54) is 44.1 Å². The molecule has 4 heteroatoms. The van der Waals surface area contributed by atoms with Gasteiger partial charge in [-0.25, -0.2) is 0 Å². The molecule has 0 amide bonds. The number of carbonyl (C=O) groups excluding carboxylic acids is 2. The first-order valence-electron chi connectivity index (χ1n) is 10.2. The first-order valence-corrected chi connectivity index (χ1v) is 11.9. The maximum absolute atomic E-state index is 13.0.